The summed E-state index contributed by atoms with van der Waals surface area (Å²) in [4.78, 5) is 12.2. The van der Waals surface area contributed by atoms with Crippen molar-refractivity contribution in [2.75, 3.05) is 24.9 Å². The van der Waals surface area contributed by atoms with E-state index in [1.807, 2.05) is 24.3 Å². The van der Waals surface area contributed by atoms with E-state index >= 15 is 0 Å². The van der Waals surface area contributed by atoms with Gasteiger partial charge in [-0.25, -0.2) is 4.79 Å². The van der Waals surface area contributed by atoms with Crippen molar-refractivity contribution in [3.63, 3.8) is 0 Å². The molecular formula is C18H22N2O3. The summed E-state index contributed by atoms with van der Waals surface area (Å²) < 4.78 is 10.4. The van der Waals surface area contributed by atoms with Gasteiger partial charge >= 0.3 is 6.03 Å². The third-order valence-corrected chi connectivity index (χ3v) is 3.47. The minimum Gasteiger partial charge on any atom is -0.497 e. The number of amides is 2. The van der Waals surface area contributed by atoms with E-state index in [0.29, 0.717) is 23.1 Å². The van der Waals surface area contributed by atoms with E-state index in [2.05, 4.69) is 24.5 Å². The minimum absolute atomic E-state index is 0.325. The van der Waals surface area contributed by atoms with E-state index in [0.717, 1.165) is 5.69 Å². The third kappa shape index (κ3) is 4.39. The van der Waals surface area contributed by atoms with E-state index in [1.54, 1.807) is 32.4 Å². The Labute approximate surface area is 136 Å². The highest BCUT2D eigenvalue weighted by molar-refractivity contribution is 6.00. The van der Waals surface area contributed by atoms with E-state index in [4.69, 9.17) is 9.47 Å². The van der Waals surface area contributed by atoms with E-state index in [9.17, 15) is 4.79 Å². The molecule has 0 unspecified atom stereocenters. The van der Waals surface area contributed by atoms with Crippen LogP contribution < -0.4 is 20.1 Å². The van der Waals surface area contributed by atoms with Gasteiger partial charge in [-0.3, -0.25) is 0 Å². The van der Waals surface area contributed by atoms with Gasteiger partial charge in [-0.05, 0) is 35.7 Å². The molecule has 0 saturated carbocycles. The van der Waals surface area contributed by atoms with Crippen molar-refractivity contribution in [1.82, 2.24) is 0 Å². The van der Waals surface area contributed by atoms with Crippen molar-refractivity contribution in [3.8, 4) is 11.5 Å². The molecule has 0 atom stereocenters. The van der Waals surface area contributed by atoms with Crippen molar-refractivity contribution in [2.24, 2.45) is 0 Å². The fraction of sp³-hybridized carbons (Fsp3) is 0.278. The number of methoxy groups -OCH3 is 2. The first-order chi connectivity index (χ1) is 11.0. The molecule has 0 radical (unpaired) electrons. The number of ether oxygens (including phenoxy) is 2. The number of nitrogens with one attached hydrogen (secondary N) is 2. The quantitative estimate of drug-likeness (QED) is 0.856. The van der Waals surface area contributed by atoms with Crippen LogP contribution in [0.2, 0.25) is 0 Å². The van der Waals surface area contributed by atoms with Gasteiger partial charge in [0.15, 0.2) is 0 Å². The van der Waals surface area contributed by atoms with Crippen LogP contribution in [0.1, 0.15) is 25.3 Å². The molecule has 0 aliphatic carbocycles. The van der Waals surface area contributed by atoms with Gasteiger partial charge in [0, 0.05) is 11.8 Å². The van der Waals surface area contributed by atoms with Crippen molar-refractivity contribution < 1.29 is 14.3 Å². The number of hydrogen-bond donors (Lipinski definition) is 2. The van der Waals surface area contributed by atoms with Gasteiger partial charge < -0.3 is 20.1 Å². The fourth-order valence-corrected chi connectivity index (χ4v) is 2.16. The molecule has 0 spiro atoms. The Bertz CT molecular complexity index is 684. The van der Waals surface area contributed by atoms with E-state index < -0.39 is 0 Å². The highest BCUT2D eigenvalue weighted by Gasteiger charge is 2.09. The second-order valence-electron chi connectivity index (χ2n) is 5.43. The molecule has 0 aromatic heterocycles. The molecule has 2 aromatic carbocycles. The topological polar surface area (TPSA) is 59.6 Å². The summed E-state index contributed by atoms with van der Waals surface area (Å²) in [6.45, 7) is 4.23. The summed E-state index contributed by atoms with van der Waals surface area (Å²) in [5.74, 6) is 1.61. The average Bonchev–Trinajstić information content (AvgIpc) is 2.55. The standard InChI is InChI=1S/C18H22N2O3/c1-12(2)13-6-5-7-14(10-13)19-18(21)20-16-9-8-15(22-3)11-17(16)23-4/h5-12H,1-4H3,(H2,19,20,21). The van der Waals surface area contributed by atoms with E-state index in [-0.39, 0.29) is 6.03 Å². The first-order valence-electron chi connectivity index (χ1n) is 7.43. The monoisotopic (exact) mass is 314 g/mol. The van der Waals surface area contributed by atoms with Crippen LogP contribution in [0.3, 0.4) is 0 Å². The van der Waals surface area contributed by atoms with Crippen LogP contribution in [0.4, 0.5) is 16.2 Å². The summed E-state index contributed by atoms with van der Waals surface area (Å²) in [7, 11) is 3.13. The Kier molecular flexibility index (Phi) is 5.46. The molecule has 122 valence electrons. The molecular weight excluding hydrogens is 292 g/mol. The summed E-state index contributed by atoms with van der Waals surface area (Å²) >= 11 is 0. The summed E-state index contributed by atoms with van der Waals surface area (Å²) in [5.41, 5.74) is 2.50. The van der Waals surface area contributed by atoms with Crippen LogP contribution in [-0.2, 0) is 0 Å². The lowest BCUT2D eigenvalue weighted by molar-refractivity contribution is 0.262. The molecule has 5 nitrogen and oxygen atoms in total. The lowest BCUT2D eigenvalue weighted by Gasteiger charge is -2.13. The highest BCUT2D eigenvalue weighted by Crippen LogP contribution is 2.29. The number of carbonyl (C=O) groups excluding carboxylic acids is 1. The molecule has 2 rings (SSSR count). The molecule has 0 saturated heterocycles. The lowest BCUT2D eigenvalue weighted by atomic mass is 10.0. The zero-order valence-electron chi connectivity index (χ0n) is 13.8. The van der Waals surface area contributed by atoms with Crippen LogP contribution >= 0.6 is 0 Å². The zero-order valence-corrected chi connectivity index (χ0v) is 13.8. The first kappa shape index (κ1) is 16.7. The molecule has 0 aliphatic rings. The summed E-state index contributed by atoms with van der Waals surface area (Å²) in [6.07, 6.45) is 0. The number of benzene rings is 2. The number of rotatable bonds is 5. The van der Waals surface area contributed by atoms with Crippen LogP contribution in [0.5, 0.6) is 11.5 Å². The minimum atomic E-state index is -0.325. The molecule has 2 N–H and O–H groups in total. The highest BCUT2D eigenvalue weighted by atomic mass is 16.5. The number of urea groups is 1. The summed E-state index contributed by atoms with van der Waals surface area (Å²) in [6, 6.07) is 12.7. The van der Waals surface area contributed by atoms with Crippen molar-refractivity contribution in [1.29, 1.82) is 0 Å². The molecule has 5 heteroatoms. The van der Waals surface area contributed by atoms with Crippen LogP contribution in [0, 0.1) is 0 Å². The van der Waals surface area contributed by atoms with Gasteiger partial charge in [-0.15, -0.1) is 0 Å². The zero-order chi connectivity index (χ0) is 16.8. The Balaban J connectivity index is 2.09. The Morgan fingerprint density at radius 2 is 1.78 bits per heavy atom. The molecule has 2 aromatic rings. The molecule has 0 heterocycles. The second-order valence-corrected chi connectivity index (χ2v) is 5.43. The average molecular weight is 314 g/mol. The van der Waals surface area contributed by atoms with Crippen LogP contribution in [0.25, 0.3) is 0 Å². The largest absolute Gasteiger partial charge is 0.497 e. The number of hydrogen-bond acceptors (Lipinski definition) is 3. The number of carbonyl (C=O) groups is 1. The molecule has 0 bridgehead atoms. The summed E-state index contributed by atoms with van der Waals surface area (Å²) in [5, 5.41) is 5.61. The van der Waals surface area contributed by atoms with Gasteiger partial charge in [0.1, 0.15) is 11.5 Å². The second kappa shape index (κ2) is 7.54. The van der Waals surface area contributed by atoms with Crippen molar-refractivity contribution in [2.45, 2.75) is 19.8 Å². The van der Waals surface area contributed by atoms with E-state index in [1.165, 1.54) is 5.56 Å². The van der Waals surface area contributed by atoms with Crippen molar-refractivity contribution >= 4 is 17.4 Å². The van der Waals surface area contributed by atoms with Gasteiger partial charge in [0.2, 0.25) is 0 Å². The Morgan fingerprint density at radius 1 is 1.00 bits per heavy atom. The molecule has 2 amide bonds. The maximum atomic E-state index is 12.2. The lowest BCUT2D eigenvalue weighted by Crippen LogP contribution is -2.19. The third-order valence-electron chi connectivity index (χ3n) is 3.47. The van der Waals surface area contributed by atoms with Gasteiger partial charge in [0.25, 0.3) is 0 Å². The Morgan fingerprint density at radius 3 is 2.43 bits per heavy atom. The number of anilines is 2. The predicted molar refractivity (Wildman–Crippen MR) is 92.7 cm³/mol. The van der Waals surface area contributed by atoms with Crippen LogP contribution in [0.15, 0.2) is 42.5 Å². The Hall–Kier alpha value is -2.69. The van der Waals surface area contributed by atoms with Gasteiger partial charge in [0.05, 0.1) is 19.9 Å². The predicted octanol–water partition coefficient (Wildman–Crippen LogP) is 4.47. The smallest absolute Gasteiger partial charge is 0.323 e. The molecule has 23 heavy (non-hydrogen) atoms. The normalized spacial score (nSPS) is 10.3. The van der Waals surface area contributed by atoms with Crippen LogP contribution in [-0.4, -0.2) is 20.3 Å². The van der Waals surface area contributed by atoms with Crippen molar-refractivity contribution in [3.05, 3.63) is 48.0 Å². The molecule has 0 aliphatic heterocycles. The maximum absolute atomic E-state index is 12.2. The fourth-order valence-electron chi connectivity index (χ4n) is 2.16. The first-order valence-corrected chi connectivity index (χ1v) is 7.43. The van der Waals surface area contributed by atoms with Gasteiger partial charge in [-0.1, -0.05) is 26.0 Å². The molecule has 0 fully saturated rings. The van der Waals surface area contributed by atoms with Gasteiger partial charge in [-0.2, -0.15) is 0 Å². The maximum Gasteiger partial charge on any atom is 0.323 e. The SMILES string of the molecule is COc1ccc(NC(=O)Nc2cccc(C(C)C)c2)c(OC)c1.